The van der Waals surface area contributed by atoms with Gasteiger partial charge in [-0.05, 0) is 36.5 Å². The van der Waals surface area contributed by atoms with Crippen molar-refractivity contribution in [3.63, 3.8) is 0 Å². The van der Waals surface area contributed by atoms with Gasteiger partial charge in [0.2, 0.25) is 0 Å². The molecular weight excluding hydrogens is 498 g/mol. The van der Waals surface area contributed by atoms with Crippen LogP contribution in [0.5, 0.6) is 0 Å². The Morgan fingerprint density at radius 2 is 1.94 bits per heavy atom. The summed E-state index contributed by atoms with van der Waals surface area (Å²) in [4.78, 5) is 8.60. The van der Waals surface area contributed by atoms with E-state index < -0.39 is 18.0 Å². The first-order valence-electron chi connectivity index (χ1n) is 11.4. The smallest absolute Gasteiger partial charge is 0.306 e. The van der Waals surface area contributed by atoms with Crippen LogP contribution in [0.1, 0.15) is 47.3 Å². The van der Waals surface area contributed by atoms with Gasteiger partial charge in [-0.1, -0.05) is 17.7 Å². The van der Waals surface area contributed by atoms with Crippen LogP contribution in [0.2, 0.25) is 5.02 Å². The molecule has 5 aromatic heterocycles. The Kier molecular flexibility index (Phi) is 5.49. The fourth-order valence-electron chi connectivity index (χ4n) is 4.41. The Hall–Kier alpha value is -3.44. The lowest BCUT2D eigenvalue weighted by Crippen LogP contribution is -2.33. The summed E-state index contributed by atoms with van der Waals surface area (Å²) in [5, 5.41) is 6.45. The predicted molar refractivity (Wildman–Crippen MR) is 124 cm³/mol. The Labute approximate surface area is 207 Å². The molecule has 1 N–H and O–H groups in total. The molecule has 5 heterocycles. The van der Waals surface area contributed by atoms with Crippen molar-refractivity contribution in [3.8, 4) is 0 Å². The van der Waals surface area contributed by atoms with Gasteiger partial charge in [-0.2, -0.15) is 18.3 Å². The van der Waals surface area contributed by atoms with Gasteiger partial charge in [0.25, 0.3) is 0 Å². The Morgan fingerprint density at radius 3 is 2.72 bits per heavy atom. The van der Waals surface area contributed by atoms with Gasteiger partial charge in [0.15, 0.2) is 5.82 Å². The van der Waals surface area contributed by atoms with E-state index in [4.69, 9.17) is 11.6 Å². The van der Waals surface area contributed by atoms with Crippen molar-refractivity contribution in [3.05, 3.63) is 88.9 Å². The van der Waals surface area contributed by atoms with Crippen LogP contribution in [0.4, 0.5) is 17.6 Å². The molecule has 1 atom stereocenters. The number of fused-ring (bicyclic) bond motifs is 2. The first kappa shape index (κ1) is 23.0. The number of rotatable bonds is 7. The van der Waals surface area contributed by atoms with E-state index in [1.54, 1.807) is 0 Å². The van der Waals surface area contributed by atoms with Crippen LogP contribution >= 0.6 is 11.6 Å². The monoisotopic (exact) mass is 517 g/mol. The van der Waals surface area contributed by atoms with Crippen LogP contribution in [-0.4, -0.2) is 34.7 Å². The van der Waals surface area contributed by atoms with E-state index in [0.717, 1.165) is 5.65 Å². The molecule has 1 fully saturated rings. The van der Waals surface area contributed by atoms with Crippen LogP contribution in [-0.2, 0) is 13.1 Å². The fraction of sp³-hybridized carbons (Fsp3) is 0.292. The average Bonchev–Trinajstić information content (AvgIpc) is 3.25. The van der Waals surface area contributed by atoms with Gasteiger partial charge in [-0.25, -0.2) is 14.4 Å². The van der Waals surface area contributed by atoms with Crippen LogP contribution in [0.25, 0.3) is 11.2 Å². The summed E-state index contributed by atoms with van der Waals surface area (Å²) in [5.74, 6) is -0.129. The van der Waals surface area contributed by atoms with E-state index in [1.807, 2.05) is 16.7 Å². The number of alkyl halides is 3. The molecular formula is C24H20ClF4N7. The summed E-state index contributed by atoms with van der Waals surface area (Å²) in [5.41, 5.74) is 2.81. The predicted octanol–water partition coefficient (Wildman–Crippen LogP) is 5.29. The third-order valence-electron chi connectivity index (χ3n) is 6.35. The summed E-state index contributed by atoms with van der Waals surface area (Å²) < 4.78 is 61.0. The number of halogens is 5. The first-order valence-corrected chi connectivity index (χ1v) is 11.7. The highest BCUT2D eigenvalue weighted by Gasteiger charge is 2.41. The summed E-state index contributed by atoms with van der Waals surface area (Å²) in [7, 11) is 0. The lowest BCUT2D eigenvalue weighted by molar-refractivity contribution is -0.158. The number of nitrogens with zero attached hydrogens (tertiary/aromatic N) is 6. The van der Waals surface area contributed by atoms with Crippen molar-refractivity contribution < 1.29 is 17.6 Å². The summed E-state index contributed by atoms with van der Waals surface area (Å²) >= 11 is 5.83. The van der Waals surface area contributed by atoms with Crippen molar-refractivity contribution in [1.29, 1.82) is 0 Å². The summed E-state index contributed by atoms with van der Waals surface area (Å²) in [6, 6.07) is 3.35. The molecule has 0 saturated heterocycles. The van der Waals surface area contributed by atoms with Crippen molar-refractivity contribution in [2.45, 2.75) is 44.1 Å². The van der Waals surface area contributed by atoms with E-state index in [-0.39, 0.29) is 34.9 Å². The maximum absolute atomic E-state index is 14.5. The molecule has 0 aliphatic heterocycles. The lowest BCUT2D eigenvalue weighted by Gasteiger charge is -2.20. The fourth-order valence-corrected chi connectivity index (χ4v) is 4.56. The highest BCUT2D eigenvalue weighted by atomic mass is 35.5. The number of hydrogen-bond donors (Lipinski definition) is 1. The minimum atomic E-state index is -4.61. The Balaban J connectivity index is 1.21. The molecule has 7 nitrogen and oxygen atoms in total. The van der Waals surface area contributed by atoms with Crippen LogP contribution < -0.4 is 5.32 Å². The maximum atomic E-state index is 14.5. The second-order valence-corrected chi connectivity index (χ2v) is 9.39. The van der Waals surface area contributed by atoms with Crippen molar-refractivity contribution in [2.24, 2.45) is 0 Å². The van der Waals surface area contributed by atoms with Crippen molar-refractivity contribution in [1.82, 2.24) is 33.9 Å². The zero-order valence-corrected chi connectivity index (χ0v) is 19.5. The van der Waals surface area contributed by atoms with Crippen LogP contribution in [0.3, 0.4) is 0 Å². The van der Waals surface area contributed by atoms with E-state index in [2.05, 4.69) is 32.6 Å². The van der Waals surface area contributed by atoms with E-state index in [9.17, 15) is 17.6 Å². The van der Waals surface area contributed by atoms with Gasteiger partial charge in [0.1, 0.15) is 17.2 Å². The number of pyridine rings is 2. The van der Waals surface area contributed by atoms with E-state index in [0.29, 0.717) is 11.6 Å². The van der Waals surface area contributed by atoms with Crippen LogP contribution in [0, 0.1) is 5.82 Å². The first-order chi connectivity index (χ1) is 17.3. The van der Waals surface area contributed by atoms with Gasteiger partial charge in [0.05, 0.1) is 35.5 Å². The van der Waals surface area contributed by atoms with E-state index >= 15 is 0 Å². The molecule has 6 rings (SSSR count). The normalized spacial score (nSPS) is 15.2. The number of imidazole rings is 2. The van der Waals surface area contributed by atoms with Gasteiger partial charge in [0, 0.05) is 36.9 Å². The lowest BCUT2D eigenvalue weighted by atomic mass is 10.1. The summed E-state index contributed by atoms with van der Waals surface area (Å²) in [6.07, 6.45) is 7.03. The van der Waals surface area contributed by atoms with Crippen molar-refractivity contribution in [2.75, 3.05) is 0 Å². The highest BCUT2D eigenvalue weighted by Crippen LogP contribution is 2.40. The van der Waals surface area contributed by atoms with E-state index in [1.165, 1.54) is 58.5 Å². The number of aromatic nitrogens is 6. The largest absolute Gasteiger partial charge is 0.408 e. The van der Waals surface area contributed by atoms with Crippen LogP contribution in [0.15, 0.2) is 55.5 Å². The topological polar surface area (TPSA) is 64.5 Å². The third kappa shape index (κ3) is 4.33. The van der Waals surface area contributed by atoms with Gasteiger partial charge in [-0.15, -0.1) is 0 Å². The van der Waals surface area contributed by atoms with Crippen molar-refractivity contribution >= 4 is 22.8 Å². The standard InChI is InChI=1S/C24H20ClF4N7/c25-18-5-6-34-13-31-19(22(34)21(18)26)8-30-23(24(27,28)29)16-7-32-36(10-16)12-17-11-35-9-15(14-1-2-14)3-4-20(35)33-17/h3-7,9-11,13-14,23,30H,1-2,8,12H2. The summed E-state index contributed by atoms with van der Waals surface area (Å²) in [6.45, 7) is -0.0979. The third-order valence-corrected chi connectivity index (χ3v) is 6.64. The van der Waals surface area contributed by atoms with Gasteiger partial charge < -0.3 is 8.80 Å². The number of hydrogen-bond acceptors (Lipinski definition) is 4. The highest BCUT2D eigenvalue weighted by molar-refractivity contribution is 6.31. The number of nitrogens with one attached hydrogen (secondary N) is 1. The molecule has 186 valence electrons. The maximum Gasteiger partial charge on any atom is 0.408 e. The molecule has 1 aliphatic rings. The molecule has 36 heavy (non-hydrogen) atoms. The molecule has 0 amide bonds. The molecule has 1 saturated carbocycles. The molecule has 0 aromatic carbocycles. The minimum Gasteiger partial charge on any atom is -0.306 e. The molecule has 0 radical (unpaired) electrons. The molecule has 0 spiro atoms. The zero-order valence-electron chi connectivity index (χ0n) is 18.8. The molecule has 1 unspecified atom stereocenters. The van der Waals surface area contributed by atoms with Gasteiger partial charge in [-0.3, -0.25) is 10.00 Å². The second kappa shape index (κ2) is 8.59. The molecule has 12 heteroatoms. The quantitative estimate of drug-likeness (QED) is 0.298. The van der Waals surface area contributed by atoms with Gasteiger partial charge >= 0.3 is 6.18 Å². The molecule has 5 aromatic rings. The SMILES string of the molecule is Fc1c(Cl)ccn2cnc(CNC(c3cnn(Cc4cn5cc(C6CC6)ccc5n4)c3)C(F)(F)F)c12. The minimum absolute atomic E-state index is 0.0308. The molecule has 1 aliphatic carbocycles. The second-order valence-electron chi connectivity index (χ2n) is 8.99. The Morgan fingerprint density at radius 1 is 1.11 bits per heavy atom. The Bertz CT molecular complexity index is 1560. The zero-order chi connectivity index (χ0) is 25.0. The average molecular weight is 518 g/mol. The molecule has 0 bridgehead atoms.